The third kappa shape index (κ3) is 2.74. The Morgan fingerprint density at radius 1 is 1.41 bits per heavy atom. The van der Waals surface area contributed by atoms with E-state index in [9.17, 15) is 0 Å². The number of nitrogens with one attached hydrogen (secondary N) is 1. The van der Waals surface area contributed by atoms with Gasteiger partial charge in [-0.15, -0.1) is 11.3 Å². The molecule has 0 aliphatic carbocycles. The summed E-state index contributed by atoms with van der Waals surface area (Å²) in [5, 5.41) is 3.21. The van der Waals surface area contributed by atoms with Crippen molar-refractivity contribution in [2.75, 3.05) is 14.2 Å². The SMILES string of the molecule is CNC(c1cc(OC)ncn1)c1ccc(Cl)s1. The van der Waals surface area contributed by atoms with E-state index in [2.05, 4.69) is 15.3 Å². The number of methoxy groups -OCH3 is 1. The van der Waals surface area contributed by atoms with Crippen molar-refractivity contribution in [1.29, 1.82) is 0 Å². The van der Waals surface area contributed by atoms with Crippen LogP contribution in [0.3, 0.4) is 0 Å². The van der Waals surface area contributed by atoms with Crippen molar-refractivity contribution in [2.24, 2.45) is 0 Å². The molecule has 0 spiro atoms. The fraction of sp³-hybridized carbons (Fsp3) is 0.273. The van der Waals surface area contributed by atoms with Crippen LogP contribution in [0.4, 0.5) is 0 Å². The molecular weight excluding hydrogens is 258 g/mol. The highest BCUT2D eigenvalue weighted by Crippen LogP contribution is 2.30. The third-order valence-corrected chi connectivity index (χ3v) is 3.63. The van der Waals surface area contributed by atoms with Crippen molar-refractivity contribution in [1.82, 2.24) is 15.3 Å². The Kier molecular flexibility index (Phi) is 3.93. The molecule has 2 aromatic heterocycles. The van der Waals surface area contributed by atoms with Gasteiger partial charge < -0.3 is 10.1 Å². The average Bonchev–Trinajstić information content (AvgIpc) is 2.77. The zero-order valence-corrected chi connectivity index (χ0v) is 11.0. The van der Waals surface area contributed by atoms with E-state index < -0.39 is 0 Å². The molecule has 6 heteroatoms. The third-order valence-electron chi connectivity index (χ3n) is 2.34. The van der Waals surface area contributed by atoms with E-state index >= 15 is 0 Å². The molecule has 1 unspecified atom stereocenters. The van der Waals surface area contributed by atoms with Crippen LogP contribution in [-0.2, 0) is 0 Å². The summed E-state index contributed by atoms with van der Waals surface area (Å²) in [5.74, 6) is 0.554. The molecule has 4 nitrogen and oxygen atoms in total. The molecular formula is C11H12ClN3OS. The minimum atomic E-state index is 0.00407. The first kappa shape index (κ1) is 12.3. The Labute approximate surface area is 109 Å². The predicted octanol–water partition coefficient (Wildman–Crippen LogP) is 2.51. The Bertz CT molecular complexity index is 503. The number of hydrogen-bond acceptors (Lipinski definition) is 5. The molecule has 0 aliphatic rings. The first-order valence-corrected chi connectivity index (χ1v) is 6.22. The van der Waals surface area contributed by atoms with Crippen molar-refractivity contribution < 1.29 is 4.74 Å². The monoisotopic (exact) mass is 269 g/mol. The maximum absolute atomic E-state index is 5.94. The predicted molar refractivity (Wildman–Crippen MR) is 68.8 cm³/mol. The lowest BCUT2D eigenvalue weighted by molar-refractivity contribution is 0.395. The Hall–Kier alpha value is -1.17. The van der Waals surface area contributed by atoms with Gasteiger partial charge in [0.15, 0.2) is 0 Å². The topological polar surface area (TPSA) is 47.0 Å². The summed E-state index contributed by atoms with van der Waals surface area (Å²) in [5.41, 5.74) is 0.859. The summed E-state index contributed by atoms with van der Waals surface area (Å²) in [6.45, 7) is 0. The second-order valence-electron chi connectivity index (χ2n) is 3.35. The Balaban J connectivity index is 2.34. The summed E-state index contributed by atoms with van der Waals surface area (Å²) in [7, 11) is 3.47. The Morgan fingerprint density at radius 2 is 2.24 bits per heavy atom. The highest BCUT2D eigenvalue weighted by molar-refractivity contribution is 7.16. The molecule has 0 aromatic carbocycles. The van der Waals surface area contributed by atoms with Gasteiger partial charge in [-0.2, -0.15) is 0 Å². The van der Waals surface area contributed by atoms with E-state index in [4.69, 9.17) is 16.3 Å². The van der Waals surface area contributed by atoms with E-state index in [1.807, 2.05) is 25.2 Å². The van der Waals surface area contributed by atoms with E-state index in [-0.39, 0.29) is 6.04 Å². The maximum Gasteiger partial charge on any atom is 0.216 e. The lowest BCUT2D eigenvalue weighted by Gasteiger charge is -2.13. The van der Waals surface area contributed by atoms with E-state index in [1.54, 1.807) is 7.11 Å². The van der Waals surface area contributed by atoms with Crippen molar-refractivity contribution in [3.05, 3.63) is 39.4 Å². The van der Waals surface area contributed by atoms with Crippen molar-refractivity contribution in [3.63, 3.8) is 0 Å². The van der Waals surface area contributed by atoms with Gasteiger partial charge in [0, 0.05) is 10.9 Å². The second kappa shape index (κ2) is 5.44. The van der Waals surface area contributed by atoms with Gasteiger partial charge in [0.2, 0.25) is 5.88 Å². The molecule has 17 heavy (non-hydrogen) atoms. The number of nitrogens with zero attached hydrogens (tertiary/aromatic N) is 2. The van der Waals surface area contributed by atoms with Crippen molar-refractivity contribution in [3.8, 4) is 5.88 Å². The summed E-state index contributed by atoms with van der Waals surface area (Å²) in [6, 6.07) is 5.69. The highest BCUT2D eigenvalue weighted by Gasteiger charge is 2.16. The van der Waals surface area contributed by atoms with Crippen LogP contribution < -0.4 is 10.1 Å². The molecule has 0 saturated carbocycles. The summed E-state index contributed by atoms with van der Waals surface area (Å²) < 4.78 is 5.85. The summed E-state index contributed by atoms with van der Waals surface area (Å²) in [4.78, 5) is 9.35. The molecule has 0 amide bonds. The summed E-state index contributed by atoms with van der Waals surface area (Å²) >= 11 is 7.47. The maximum atomic E-state index is 5.94. The van der Waals surface area contributed by atoms with Crippen LogP contribution in [0.5, 0.6) is 5.88 Å². The molecule has 1 atom stereocenters. The number of ether oxygens (including phenoxy) is 1. The molecule has 0 aliphatic heterocycles. The molecule has 2 aromatic rings. The van der Waals surface area contributed by atoms with Gasteiger partial charge in [-0.3, -0.25) is 0 Å². The fourth-order valence-electron chi connectivity index (χ4n) is 1.54. The van der Waals surface area contributed by atoms with Gasteiger partial charge in [0.1, 0.15) is 6.33 Å². The average molecular weight is 270 g/mol. The number of rotatable bonds is 4. The molecule has 90 valence electrons. The smallest absolute Gasteiger partial charge is 0.216 e. The Morgan fingerprint density at radius 3 is 2.82 bits per heavy atom. The lowest BCUT2D eigenvalue weighted by Crippen LogP contribution is -2.18. The van der Waals surface area contributed by atoms with Gasteiger partial charge in [-0.05, 0) is 19.2 Å². The van der Waals surface area contributed by atoms with E-state index in [0.29, 0.717) is 5.88 Å². The van der Waals surface area contributed by atoms with E-state index in [0.717, 1.165) is 14.9 Å². The molecule has 0 radical (unpaired) electrons. The normalized spacial score (nSPS) is 12.4. The van der Waals surface area contributed by atoms with Crippen LogP contribution in [0.1, 0.15) is 16.6 Å². The lowest BCUT2D eigenvalue weighted by atomic mass is 10.1. The van der Waals surface area contributed by atoms with Crippen LogP contribution in [-0.4, -0.2) is 24.1 Å². The number of hydrogen-bond donors (Lipinski definition) is 1. The van der Waals surface area contributed by atoms with Gasteiger partial charge in [-0.1, -0.05) is 11.6 Å². The minimum Gasteiger partial charge on any atom is -0.481 e. The first-order chi connectivity index (χ1) is 8.24. The number of aromatic nitrogens is 2. The van der Waals surface area contributed by atoms with Gasteiger partial charge in [0.25, 0.3) is 0 Å². The molecule has 0 saturated heterocycles. The quantitative estimate of drug-likeness (QED) is 0.927. The van der Waals surface area contributed by atoms with Gasteiger partial charge >= 0.3 is 0 Å². The highest BCUT2D eigenvalue weighted by atomic mass is 35.5. The van der Waals surface area contributed by atoms with Crippen LogP contribution in [0.2, 0.25) is 4.34 Å². The molecule has 2 rings (SSSR count). The largest absolute Gasteiger partial charge is 0.481 e. The first-order valence-electron chi connectivity index (χ1n) is 5.03. The zero-order chi connectivity index (χ0) is 12.3. The summed E-state index contributed by atoms with van der Waals surface area (Å²) in [6.07, 6.45) is 1.49. The van der Waals surface area contributed by atoms with Crippen LogP contribution in [0.25, 0.3) is 0 Å². The van der Waals surface area contributed by atoms with Crippen LogP contribution >= 0.6 is 22.9 Å². The minimum absolute atomic E-state index is 0.00407. The van der Waals surface area contributed by atoms with Crippen molar-refractivity contribution in [2.45, 2.75) is 6.04 Å². The number of thiophene rings is 1. The van der Waals surface area contributed by atoms with Crippen molar-refractivity contribution >= 4 is 22.9 Å². The fourth-order valence-corrected chi connectivity index (χ4v) is 2.73. The van der Waals surface area contributed by atoms with Crippen LogP contribution in [0, 0.1) is 0 Å². The molecule has 0 fully saturated rings. The molecule has 1 N–H and O–H groups in total. The second-order valence-corrected chi connectivity index (χ2v) is 5.10. The standard InChI is InChI=1S/C11H12ClN3OS/c1-13-11(8-3-4-9(12)17-8)7-5-10(16-2)15-6-14-7/h3-6,11,13H,1-2H3. The molecule has 2 heterocycles. The van der Waals surface area contributed by atoms with E-state index in [1.165, 1.54) is 17.7 Å². The van der Waals surface area contributed by atoms with Gasteiger partial charge in [-0.25, -0.2) is 9.97 Å². The van der Waals surface area contributed by atoms with Gasteiger partial charge in [0.05, 0.1) is 23.2 Å². The van der Waals surface area contributed by atoms with Crippen LogP contribution in [0.15, 0.2) is 24.5 Å². The zero-order valence-electron chi connectivity index (χ0n) is 9.48. The number of halogens is 1. The molecule has 0 bridgehead atoms.